The summed E-state index contributed by atoms with van der Waals surface area (Å²) in [5.74, 6) is 2.17. The third kappa shape index (κ3) is 4.36. The van der Waals surface area contributed by atoms with Gasteiger partial charge in [-0.05, 0) is 51.8 Å². The molecule has 5 aromatic rings. The van der Waals surface area contributed by atoms with Crippen LogP contribution in [0.2, 0.25) is 5.02 Å². The number of nitrogens with one attached hydrogen (secondary N) is 1. The molecule has 7 nitrogen and oxygen atoms in total. The monoisotopic (exact) mass is 527 g/mol. The fourth-order valence-corrected chi connectivity index (χ4v) is 4.56. The van der Waals surface area contributed by atoms with Gasteiger partial charge in [-0.2, -0.15) is 0 Å². The van der Waals surface area contributed by atoms with Crippen molar-refractivity contribution < 1.29 is 4.42 Å². The number of nitrogens with zero attached hydrogens (tertiary/aromatic N) is 4. The largest absolute Gasteiger partial charge is 0.446 e. The van der Waals surface area contributed by atoms with E-state index in [0.29, 0.717) is 55.5 Å². The van der Waals surface area contributed by atoms with E-state index >= 15 is 0 Å². The molecule has 0 bridgehead atoms. The van der Waals surface area contributed by atoms with Gasteiger partial charge >= 0.3 is 0 Å². The Kier molecular flexibility index (Phi) is 5.86. The summed E-state index contributed by atoms with van der Waals surface area (Å²) in [5, 5.41) is 10.4. The first-order valence-electron chi connectivity index (χ1n) is 9.61. The van der Waals surface area contributed by atoms with Crippen LogP contribution in [0, 0.1) is 0 Å². The molecule has 10 heteroatoms. The average molecular weight is 529 g/mol. The molecule has 3 aromatic heterocycles. The standard InChI is InChI=1S/C22H15BrClN5O2S/c23-18-9-8-17(31-18)20-27-28-22(29(20)11-13-4-2-1-3-5-13)32-12-19-25-16-10-14(24)6-7-15(16)21(30)26-19/h1-10H,11-12H2,(H,25,26,30). The number of aromatic amines is 1. The highest BCUT2D eigenvalue weighted by Crippen LogP contribution is 2.29. The van der Waals surface area contributed by atoms with Crippen molar-refractivity contribution in [3.63, 3.8) is 0 Å². The summed E-state index contributed by atoms with van der Waals surface area (Å²) in [6.07, 6.45) is 0. The second kappa shape index (κ2) is 8.93. The van der Waals surface area contributed by atoms with E-state index in [4.69, 9.17) is 16.0 Å². The predicted octanol–water partition coefficient (Wildman–Crippen LogP) is 5.53. The molecule has 0 aliphatic rings. The number of halogens is 2. The number of H-pyrrole nitrogens is 1. The molecule has 1 N–H and O–H groups in total. The molecule has 0 radical (unpaired) electrons. The number of aromatic nitrogens is 5. The summed E-state index contributed by atoms with van der Waals surface area (Å²) in [4.78, 5) is 19.8. The second-order valence-electron chi connectivity index (χ2n) is 6.94. The maximum atomic E-state index is 12.4. The average Bonchev–Trinajstić information content (AvgIpc) is 3.38. The van der Waals surface area contributed by atoms with Gasteiger partial charge in [0, 0.05) is 5.02 Å². The van der Waals surface area contributed by atoms with Crippen LogP contribution in [0.1, 0.15) is 11.4 Å². The third-order valence-corrected chi connectivity index (χ3v) is 6.39. The SMILES string of the molecule is O=c1[nH]c(CSc2nnc(-c3ccc(Br)o3)n2Cc2ccccc2)nc2cc(Cl)ccc12. The van der Waals surface area contributed by atoms with Crippen LogP contribution in [0.15, 0.2) is 79.7 Å². The van der Waals surface area contributed by atoms with Gasteiger partial charge in [0.05, 0.1) is 23.2 Å². The first kappa shape index (κ1) is 21.0. The van der Waals surface area contributed by atoms with E-state index in [-0.39, 0.29) is 5.56 Å². The zero-order valence-corrected chi connectivity index (χ0v) is 19.6. The topological polar surface area (TPSA) is 89.6 Å². The lowest BCUT2D eigenvalue weighted by Crippen LogP contribution is -2.11. The Hall–Kier alpha value is -2.88. The van der Waals surface area contributed by atoms with E-state index in [9.17, 15) is 4.79 Å². The van der Waals surface area contributed by atoms with Crippen molar-refractivity contribution in [2.24, 2.45) is 0 Å². The Bertz CT molecular complexity index is 1460. The highest BCUT2D eigenvalue weighted by atomic mass is 79.9. The van der Waals surface area contributed by atoms with Gasteiger partial charge in [-0.25, -0.2) is 4.98 Å². The number of furan rings is 1. The molecule has 0 aliphatic carbocycles. The Morgan fingerprint density at radius 2 is 1.94 bits per heavy atom. The summed E-state index contributed by atoms with van der Waals surface area (Å²) in [7, 11) is 0. The minimum Gasteiger partial charge on any atom is -0.446 e. The van der Waals surface area contributed by atoms with Crippen LogP contribution in [-0.4, -0.2) is 24.7 Å². The van der Waals surface area contributed by atoms with Crippen LogP contribution < -0.4 is 5.56 Å². The summed E-state index contributed by atoms with van der Waals surface area (Å²) in [5.41, 5.74) is 1.46. The van der Waals surface area contributed by atoms with E-state index in [1.807, 2.05) is 47.0 Å². The van der Waals surface area contributed by atoms with Crippen molar-refractivity contribution in [2.75, 3.05) is 0 Å². The predicted molar refractivity (Wildman–Crippen MR) is 128 cm³/mol. The molecule has 32 heavy (non-hydrogen) atoms. The molecule has 0 atom stereocenters. The number of hydrogen-bond acceptors (Lipinski definition) is 6. The lowest BCUT2D eigenvalue weighted by Gasteiger charge is -2.09. The molecule has 0 fully saturated rings. The zero-order valence-electron chi connectivity index (χ0n) is 16.5. The van der Waals surface area contributed by atoms with Crippen molar-refractivity contribution in [3.8, 4) is 11.6 Å². The Morgan fingerprint density at radius 1 is 1.09 bits per heavy atom. The van der Waals surface area contributed by atoms with Gasteiger partial charge in [0.1, 0.15) is 5.82 Å². The second-order valence-corrected chi connectivity index (χ2v) is 9.10. The van der Waals surface area contributed by atoms with Crippen LogP contribution >= 0.6 is 39.3 Å². The Labute approximate surface area is 200 Å². The molecule has 0 saturated heterocycles. The van der Waals surface area contributed by atoms with Crippen LogP contribution in [0.4, 0.5) is 0 Å². The Balaban J connectivity index is 1.47. The van der Waals surface area contributed by atoms with Gasteiger partial charge in [0.15, 0.2) is 15.6 Å². The minimum atomic E-state index is -0.200. The first-order chi connectivity index (χ1) is 15.6. The number of fused-ring (bicyclic) bond motifs is 1. The van der Waals surface area contributed by atoms with Crippen LogP contribution in [0.3, 0.4) is 0 Å². The summed E-state index contributed by atoms with van der Waals surface area (Å²) in [6.45, 7) is 0.571. The van der Waals surface area contributed by atoms with E-state index in [0.717, 1.165) is 5.56 Å². The maximum Gasteiger partial charge on any atom is 0.258 e. The van der Waals surface area contributed by atoms with E-state index in [1.165, 1.54) is 11.8 Å². The van der Waals surface area contributed by atoms with Gasteiger partial charge in [0.2, 0.25) is 5.82 Å². The summed E-state index contributed by atoms with van der Waals surface area (Å²) in [6, 6.07) is 18.7. The molecule has 0 unspecified atom stereocenters. The van der Waals surface area contributed by atoms with Gasteiger partial charge in [0.25, 0.3) is 5.56 Å². The molecule has 0 amide bonds. The van der Waals surface area contributed by atoms with E-state index < -0.39 is 0 Å². The van der Waals surface area contributed by atoms with Crippen molar-refractivity contribution in [2.45, 2.75) is 17.5 Å². The highest BCUT2D eigenvalue weighted by molar-refractivity contribution is 9.10. The zero-order chi connectivity index (χ0) is 22.1. The highest BCUT2D eigenvalue weighted by Gasteiger charge is 2.18. The van der Waals surface area contributed by atoms with Crippen molar-refractivity contribution in [3.05, 3.63) is 92.1 Å². The molecule has 2 aromatic carbocycles. The van der Waals surface area contributed by atoms with Crippen LogP contribution in [0.5, 0.6) is 0 Å². The molecule has 0 spiro atoms. The van der Waals surface area contributed by atoms with E-state index in [1.54, 1.807) is 18.2 Å². The fourth-order valence-electron chi connectivity index (χ4n) is 3.28. The molecule has 3 heterocycles. The smallest absolute Gasteiger partial charge is 0.258 e. The van der Waals surface area contributed by atoms with Gasteiger partial charge in [-0.3, -0.25) is 9.36 Å². The number of hydrogen-bond donors (Lipinski definition) is 1. The normalized spacial score (nSPS) is 11.3. The minimum absolute atomic E-state index is 0.200. The quantitative estimate of drug-likeness (QED) is 0.291. The van der Waals surface area contributed by atoms with Gasteiger partial charge in [-0.15, -0.1) is 10.2 Å². The molecule has 0 aliphatic heterocycles. The summed E-state index contributed by atoms with van der Waals surface area (Å²) < 4.78 is 8.32. The van der Waals surface area contributed by atoms with Crippen molar-refractivity contribution in [1.29, 1.82) is 0 Å². The number of thioether (sulfide) groups is 1. The van der Waals surface area contributed by atoms with E-state index in [2.05, 4.69) is 36.1 Å². The lowest BCUT2D eigenvalue weighted by atomic mass is 10.2. The third-order valence-electron chi connectivity index (χ3n) is 4.75. The van der Waals surface area contributed by atoms with Crippen LogP contribution in [0.25, 0.3) is 22.5 Å². The molecule has 160 valence electrons. The first-order valence-corrected chi connectivity index (χ1v) is 11.8. The number of rotatable bonds is 6. The molecular formula is C22H15BrClN5O2S. The fraction of sp³-hybridized carbons (Fsp3) is 0.0909. The van der Waals surface area contributed by atoms with Crippen molar-refractivity contribution >= 4 is 50.2 Å². The lowest BCUT2D eigenvalue weighted by molar-refractivity contribution is 0.545. The Morgan fingerprint density at radius 3 is 2.72 bits per heavy atom. The number of benzene rings is 2. The summed E-state index contributed by atoms with van der Waals surface area (Å²) >= 11 is 10.8. The van der Waals surface area contributed by atoms with Crippen molar-refractivity contribution in [1.82, 2.24) is 24.7 Å². The maximum absolute atomic E-state index is 12.4. The van der Waals surface area contributed by atoms with Gasteiger partial charge in [-0.1, -0.05) is 53.7 Å². The van der Waals surface area contributed by atoms with Crippen LogP contribution in [-0.2, 0) is 12.3 Å². The molecular weight excluding hydrogens is 514 g/mol. The molecule has 5 rings (SSSR count). The molecule has 0 saturated carbocycles. The van der Waals surface area contributed by atoms with Gasteiger partial charge < -0.3 is 9.40 Å².